The minimum absolute atomic E-state index is 0.889. The third-order valence-electron chi connectivity index (χ3n) is 2.69. The lowest BCUT2D eigenvalue weighted by atomic mass is 10.1. The van der Waals surface area contributed by atoms with Crippen molar-refractivity contribution < 1.29 is 9.15 Å². The lowest BCUT2D eigenvalue weighted by Gasteiger charge is -2.08. The number of nitrogens with zero attached hydrogens (tertiary/aromatic N) is 1. The minimum atomic E-state index is 0.889. The summed E-state index contributed by atoms with van der Waals surface area (Å²) in [5, 5.41) is 1.10. The molecule has 0 saturated carbocycles. The molecule has 0 amide bonds. The van der Waals surface area contributed by atoms with Gasteiger partial charge in [0.2, 0.25) is 0 Å². The van der Waals surface area contributed by atoms with Crippen LogP contribution < -0.4 is 4.74 Å². The molecule has 16 heavy (non-hydrogen) atoms. The summed E-state index contributed by atoms with van der Waals surface area (Å²) < 4.78 is 10.9. The van der Waals surface area contributed by atoms with E-state index in [-0.39, 0.29) is 0 Å². The lowest BCUT2D eigenvalue weighted by Crippen LogP contribution is -2.14. The van der Waals surface area contributed by atoms with E-state index in [4.69, 9.17) is 9.15 Å². The first kappa shape index (κ1) is 11.0. The van der Waals surface area contributed by atoms with E-state index in [1.54, 1.807) is 7.11 Å². The molecule has 0 bridgehead atoms. The van der Waals surface area contributed by atoms with Crippen LogP contribution in [0, 0.1) is 0 Å². The van der Waals surface area contributed by atoms with Crippen molar-refractivity contribution in [2.75, 3.05) is 27.7 Å². The maximum atomic E-state index is 5.53. The molecule has 0 unspecified atom stereocenters. The molecule has 1 aromatic carbocycles. The Balaban J connectivity index is 2.38. The van der Waals surface area contributed by atoms with Gasteiger partial charge in [-0.15, -0.1) is 0 Å². The van der Waals surface area contributed by atoms with Crippen molar-refractivity contribution in [1.29, 1.82) is 0 Å². The van der Waals surface area contributed by atoms with E-state index in [2.05, 4.69) is 19.0 Å². The van der Waals surface area contributed by atoms with Crippen LogP contribution in [0.5, 0.6) is 5.75 Å². The molecule has 0 fully saturated rings. The third-order valence-corrected chi connectivity index (χ3v) is 2.69. The number of likely N-dealkylation sites (N-methyl/N-ethyl adjacent to an activating group) is 1. The zero-order valence-corrected chi connectivity index (χ0v) is 9.99. The molecule has 0 N–H and O–H groups in total. The molecule has 2 aromatic rings. The Bertz CT molecular complexity index is 474. The van der Waals surface area contributed by atoms with Gasteiger partial charge >= 0.3 is 0 Å². The number of hydrogen-bond donors (Lipinski definition) is 0. The smallest absolute Gasteiger partial charge is 0.137 e. The zero-order valence-electron chi connectivity index (χ0n) is 9.99. The van der Waals surface area contributed by atoms with Crippen molar-refractivity contribution in [3.8, 4) is 5.75 Å². The fourth-order valence-electron chi connectivity index (χ4n) is 1.82. The Hall–Kier alpha value is -1.48. The first-order valence-corrected chi connectivity index (χ1v) is 5.40. The Morgan fingerprint density at radius 2 is 2.12 bits per heavy atom. The van der Waals surface area contributed by atoms with Crippen molar-refractivity contribution in [3.05, 3.63) is 30.0 Å². The molecule has 1 heterocycles. The molecule has 0 radical (unpaired) electrons. The van der Waals surface area contributed by atoms with Gasteiger partial charge in [-0.3, -0.25) is 0 Å². The van der Waals surface area contributed by atoms with Crippen molar-refractivity contribution in [2.24, 2.45) is 0 Å². The van der Waals surface area contributed by atoms with Gasteiger partial charge in [0, 0.05) is 12.1 Å². The summed E-state index contributed by atoms with van der Waals surface area (Å²) in [6.07, 6.45) is 2.80. The number of ether oxygens (including phenoxy) is 1. The molecule has 1 aromatic heterocycles. The molecular weight excluding hydrogens is 202 g/mol. The number of fused-ring (bicyclic) bond motifs is 1. The highest BCUT2D eigenvalue weighted by molar-refractivity contribution is 5.87. The van der Waals surface area contributed by atoms with Gasteiger partial charge in [-0.2, -0.15) is 0 Å². The van der Waals surface area contributed by atoms with Gasteiger partial charge < -0.3 is 14.1 Å². The Kier molecular flexibility index (Phi) is 3.15. The van der Waals surface area contributed by atoms with Crippen molar-refractivity contribution in [2.45, 2.75) is 6.42 Å². The summed E-state index contributed by atoms with van der Waals surface area (Å²) in [5.74, 6) is 0.889. The van der Waals surface area contributed by atoms with Crippen molar-refractivity contribution >= 4 is 11.0 Å². The maximum absolute atomic E-state index is 5.53. The van der Waals surface area contributed by atoms with Crippen LogP contribution in [0.25, 0.3) is 11.0 Å². The number of furan rings is 1. The number of benzene rings is 1. The summed E-state index contributed by atoms with van der Waals surface area (Å²) in [6.45, 7) is 1.01. The van der Waals surface area contributed by atoms with Crippen LogP contribution in [0.3, 0.4) is 0 Å². The monoisotopic (exact) mass is 219 g/mol. The van der Waals surface area contributed by atoms with E-state index in [0.29, 0.717) is 0 Å². The van der Waals surface area contributed by atoms with E-state index in [1.165, 1.54) is 5.56 Å². The second kappa shape index (κ2) is 4.58. The second-order valence-electron chi connectivity index (χ2n) is 4.15. The largest absolute Gasteiger partial charge is 0.496 e. The predicted molar refractivity (Wildman–Crippen MR) is 65.0 cm³/mol. The lowest BCUT2D eigenvalue weighted by molar-refractivity contribution is 0.411. The average Bonchev–Trinajstić information content (AvgIpc) is 2.69. The Labute approximate surface area is 95.6 Å². The highest BCUT2D eigenvalue weighted by Crippen LogP contribution is 2.30. The highest BCUT2D eigenvalue weighted by atomic mass is 16.5. The van der Waals surface area contributed by atoms with Crippen LogP contribution in [0.1, 0.15) is 5.56 Å². The average molecular weight is 219 g/mol. The minimum Gasteiger partial charge on any atom is -0.496 e. The quantitative estimate of drug-likeness (QED) is 0.790. The predicted octanol–water partition coefficient (Wildman–Crippen LogP) is 2.55. The fraction of sp³-hybridized carbons (Fsp3) is 0.385. The molecule has 86 valence electrons. The van der Waals surface area contributed by atoms with Crippen LogP contribution in [0.4, 0.5) is 0 Å². The molecule has 3 nitrogen and oxygen atoms in total. The third kappa shape index (κ3) is 2.04. The molecule has 0 atom stereocenters. The first-order valence-electron chi connectivity index (χ1n) is 5.40. The van der Waals surface area contributed by atoms with Gasteiger partial charge in [-0.1, -0.05) is 6.07 Å². The van der Waals surface area contributed by atoms with Gasteiger partial charge in [-0.05, 0) is 32.6 Å². The number of methoxy groups -OCH3 is 1. The van der Waals surface area contributed by atoms with Crippen molar-refractivity contribution in [1.82, 2.24) is 4.90 Å². The second-order valence-corrected chi connectivity index (χ2v) is 4.15. The van der Waals surface area contributed by atoms with E-state index in [0.717, 1.165) is 29.7 Å². The van der Waals surface area contributed by atoms with Crippen LogP contribution in [0.2, 0.25) is 0 Å². The van der Waals surface area contributed by atoms with Gasteiger partial charge in [0.05, 0.1) is 18.8 Å². The van der Waals surface area contributed by atoms with Gasteiger partial charge in [0.1, 0.15) is 11.3 Å². The molecule has 0 aliphatic carbocycles. The SMILES string of the molecule is COc1cccc2occ(CCN(C)C)c12. The van der Waals surface area contributed by atoms with E-state index >= 15 is 0 Å². The molecule has 0 aliphatic heterocycles. The Morgan fingerprint density at radius 1 is 1.31 bits per heavy atom. The maximum Gasteiger partial charge on any atom is 0.137 e. The van der Waals surface area contributed by atoms with E-state index in [9.17, 15) is 0 Å². The summed E-state index contributed by atoms with van der Waals surface area (Å²) in [4.78, 5) is 2.16. The molecule has 0 saturated heterocycles. The van der Waals surface area contributed by atoms with E-state index < -0.39 is 0 Å². The van der Waals surface area contributed by atoms with Crippen LogP contribution in [-0.4, -0.2) is 32.6 Å². The normalized spacial score (nSPS) is 11.2. The molecule has 2 rings (SSSR count). The molecule has 3 heteroatoms. The van der Waals surface area contributed by atoms with Crippen LogP contribution >= 0.6 is 0 Å². The summed E-state index contributed by atoms with van der Waals surface area (Å²) in [7, 11) is 5.83. The van der Waals surface area contributed by atoms with Crippen LogP contribution in [0.15, 0.2) is 28.9 Å². The number of rotatable bonds is 4. The molecule has 0 spiro atoms. The van der Waals surface area contributed by atoms with Gasteiger partial charge in [0.25, 0.3) is 0 Å². The number of hydrogen-bond acceptors (Lipinski definition) is 3. The highest BCUT2D eigenvalue weighted by Gasteiger charge is 2.10. The fourth-order valence-corrected chi connectivity index (χ4v) is 1.82. The van der Waals surface area contributed by atoms with Crippen LogP contribution in [-0.2, 0) is 6.42 Å². The summed E-state index contributed by atoms with van der Waals surface area (Å²) in [5.41, 5.74) is 2.11. The zero-order chi connectivity index (χ0) is 11.5. The standard InChI is InChI=1S/C13H17NO2/c1-14(2)8-7-10-9-16-12-6-4-5-11(15-3)13(10)12/h4-6,9H,7-8H2,1-3H3. The first-order chi connectivity index (χ1) is 7.72. The summed E-state index contributed by atoms with van der Waals surface area (Å²) >= 11 is 0. The molecule has 0 aliphatic rings. The van der Waals surface area contributed by atoms with Gasteiger partial charge in [0.15, 0.2) is 0 Å². The topological polar surface area (TPSA) is 25.6 Å². The van der Waals surface area contributed by atoms with Gasteiger partial charge in [-0.25, -0.2) is 0 Å². The van der Waals surface area contributed by atoms with E-state index in [1.807, 2.05) is 24.5 Å². The van der Waals surface area contributed by atoms with Crippen molar-refractivity contribution in [3.63, 3.8) is 0 Å². The Morgan fingerprint density at radius 3 is 2.81 bits per heavy atom. The molecular formula is C13H17NO2. The summed E-state index contributed by atoms with van der Waals surface area (Å²) in [6, 6.07) is 5.88.